The van der Waals surface area contributed by atoms with Crippen LogP contribution in [-0.2, 0) is 25.8 Å². The molecule has 0 radical (unpaired) electrons. The highest BCUT2D eigenvalue weighted by molar-refractivity contribution is 5.60. The fraction of sp³-hybridized carbons (Fsp3) is 0.471. The predicted octanol–water partition coefficient (Wildman–Crippen LogP) is 3.41. The Kier molecular flexibility index (Phi) is 3.77. The molecule has 106 valence electrons. The molecule has 3 rings (SSSR count). The van der Waals surface area contributed by atoms with Crippen LogP contribution in [0.15, 0.2) is 24.3 Å². The lowest BCUT2D eigenvalue weighted by Gasteiger charge is -2.21. The average Bonchev–Trinajstić information content (AvgIpc) is 2.90. The van der Waals surface area contributed by atoms with Gasteiger partial charge in [0.2, 0.25) is 0 Å². The molecule has 1 aromatic carbocycles. The number of rotatable bonds is 4. The SMILES string of the molecule is CCc1cc(Cc2cccc3c2NCCC3)n(CC)n1. The van der Waals surface area contributed by atoms with Crippen LogP contribution in [0.25, 0.3) is 0 Å². The third-order valence-corrected chi connectivity index (χ3v) is 4.11. The van der Waals surface area contributed by atoms with Gasteiger partial charge < -0.3 is 5.32 Å². The summed E-state index contributed by atoms with van der Waals surface area (Å²) in [5.74, 6) is 0. The molecule has 0 atom stereocenters. The first-order valence-corrected chi connectivity index (χ1v) is 7.72. The molecule has 0 saturated carbocycles. The molecular weight excluding hydrogens is 246 g/mol. The van der Waals surface area contributed by atoms with Gasteiger partial charge >= 0.3 is 0 Å². The zero-order valence-corrected chi connectivity index (χ0v) is 12.4. The third kappa shape index (κ3) is 2.45. The third-order valence-electron chi connectivity index (χ3n) is 4.11. The lowest BCUT2D eigenvalue weighted by molar-refractivity contribution is 0.621. The number of anilines is 1. The standard InChI is InChI=1S/C17H23N3/c1-3-15-12-16(20(4-2)19-15)11-14-8-5-7-13-9-6-10-18-17(13)14/h5,7-8,12,18H,3-4,6,9-11H2,1-2H3. The number of aromatic nitrogens is 2. The summed E-state index contributed by atoms with van der Waals surface area (Å²) in [5.41, 5.74) is 6.75. The summed E-state index contributed by atoms with van der Waals surface area (Å²) in [5, 5.41) is 8.23. The average molecular weight is 269 g/mol. The Balaban J connectivity index is 1.93. The number of hydrogen-bond donors (Lipinski definition) is 1. The zero-order valence-electron chi connectivity index (χ0n) is 12.4. The second kappa shape index (κ2) is 5.70. The van der Waals surface area contributed by atoms with Gasteiger partial charge in [0.05, 0.1) is 5.69 Å². The van der Waals surface area contributed by atoms with E-state index in [1.54, 1.807) is 0 Å². The molecule has 1 aliphatic rings. The van der Waals surface area contributed by atoms with Crippen molar-refractivity contribution in [3.63, 3.8) is 0 Å². The summed E-state index contributed by atoms with van der Waals surface area (Å²) >= 11 is 0. The van der Waals surface area contributed by atoms with E-state index in [9.17, 15) is 0 Å². The van der Waals surface area contributed by atoms with Crippen LogP contribution < -0.4 is 5.32 Å². The van der Waals surface area contributed by atoms with Crippen LogP contribution in [0.1, 0.15) is 42.8 Å². The Hall–Kier alpha value is -1.77. The molecule has 0 aliphatic carbocycles. The van der Waals surface area contributed by atoms with Crippen LogP contribution in [0, 0.1) is 0 Å². The Morgan fingerprint density at radius 3 is 3.00 bits per heavy atom. The minimum Gasteiger partial charge on any atom is -0.385 e. The molecule has 1 N–H and O–H groups in total. The highest BCUT2D eigenvalue weighted by atomic mass is 15.3. The van der Waals surface area contributed by atoms with E-state index in [1.807, 2.05) is 0 Å². The molecule has 0 fully saturated rings. The first-order valence-electron chi connectivity index (χ1n) is 7.72. The van der Waals surface area contributed by atoms with Gasteiger partial charge in [0, 0.05) is 30.9 Å². The number of aryl methyl sites for hydroxylation is 3. The molecule has 1 aromatic heterocycles. The Bertz CT molecular complexity index is 598. The summed E-state index contributed by atoms with van der Waals surface area (Å²) in [6.45, 7) is 6.36. The highest BCUT2D eigenvalue weighted by Crippen LogP contribution is 2.28. The molecule has 20 heavy (non-hydrogen) atoms. The van der Waals surface area contributed by atoms with Crippen molar-refractivity contribution in [2.24, 2.45) is 0 Å². The van der Waals surface area contributed by atoms with Crippen molar-refractivity contribution in [3.05, 3.63) is 46.8 Å². The largest absolute Gasteiger partial charge is 0.385 e. The van der Waals surface area contributed by atoms with Gasteiger partial charge in [-0.1, -0.05) is 25.1 Å². The van der Waals surface area contributed by atoms with Crippen LogP contribution in [0.5, 0.6) is 0 Å². The van der Waals surface area contributed by atoms with Crippen molar-refractivity contribution in [1.82, 2.24) is 9.78 Å². The number of nitrogens with zero attached hydrogens (tertiary/aromatic N) is 2. The quantitative estimate of drug-likeness (QED) is 0.921. The second-order valence-electron chi connectivity index (χ2n) is 5.45. The van der Waals surface area contributed by atoms with Crippen LogP contribution >= 0.6 is 0 Å². The minimum absolute atomic E-state index is 0.942. The predicted molar refractivity (Wildman–Crippen MR) is 83.3 cm³/mol. The maximum absolute atomic E-state index is 4.65. The number of nitrogens with one attached hydrogen (secondary N) is 1. The number of hydrogen-bond acceptors (Lipinski definition) is 2. The summed E-state index contributed by atoms with van der Waals surface area (Å²) < 4.78 is 2.14. The lowest BCUT2D eigenvalue weighted by atomic mass is 9.97. The first kappa shape index (κ1) is 13.2. The zero-order chi connectivity index (χ0) is 13.9. The monoisotopic (exact) mass is 269 g/mol. The van der Waals surface area contributed by atoms with E-state index >= 15 is 0 Å². The molecule has 0 bridgehead atoms. The van der Waals surface area contributed by atoms with Gasteiger partial charge in [0.15, 0.2) is 0 Å². The van der Waals surface area contributed by atoms with Gasteiger partial charge in [0.1, 0.15) is 0 Å². The molecule has 0 saturated heterocycles. The van der Waals surface area contributed by atoms with Crippen molar-refractivity contribution in [3.8, 4) is 0 Å². The normalized spacial score (nSPS) is 13.9. The fourth-order valence-electron chi connectivity index (χ4n) is 3.03. The summed E-state index contributed by atoms with van der Waals surface area (Å²) in [7, 11) is 0. The van der Waals surface area contributed by atoms with Gasteiger partial charge in [-0.25, -0.2) is 0 Å². The van der Waals surface area contributed by atoms with Crippen LogP contribution in [0.2, 0.25) is 0 Å². The number of fused-ring (bicyclic) bond motifs is 1. The Morgan fingerprint density at radius 2 is 2.20 bits per heavy atom. The van der Waals surface area contributed by atoms with Gasteiger partial charge in [-0.2, -0.15) is 5.10 Å². The molecule has 0 unspecified atom stereocenters. The van der Waals surface area contributed by atoms with Crippen LogP contribution in [0.3, 0.4) is 0 Å². The highest BCUT2D eigenvalue weighted by Gasteiger charge is 2.14. The van der Waals surface area contributed by atoms with Gasteiger partial charge in [-0.15, -0.1) is 0 Å². The molecule has 0 spiro atoms. The van der Waals surface area contributed by atoms with Crippen molar-refractivity contribution in [2.75, 3.05) is 11.9 Å². The molecule has 2 aromatic rings. The van der Waals surface area contributed by atoms with Crippen LogP contribution in [0.4, 0.5) is 5.69 Å². The molecule has 2 heterocycles. The van der Waals surface area contributed by atoms with Crippen LogP contribution in [-0.4, -0.2) is 16.3 Å². The lowest BCUT2D eigenvalue weighted by Crippen LogP contribution is -2.14. The van der Waals surface area contributed by atoms with E-state index in [0.29, 0.717) is 0 Å². The maximum Gasteiger partial charge on any atom is 0.0624 e. The summed E-state index contributed by atoms with van der Waals surface area (Å²) in [6, 6.07) is 8.94. The van der Waals surface area contributed by atoms with Crippen molar-refractivity contribution in [1.29, 1.82) is 0 Å². The molecule has 0 amide bonds. The Labute approximate surface area is 121 Å². The molecular formula is C17H23N3. The van der Waals surface area contributed by atoms with Gasteiger partial charge in [-0.05, 0) is 43.4 Å². The van der Waals surface area contributed by atoms with Crippen molar-refractivity contribution in [2.45, 2.75) is 46.1 Å². The van der Waals surface area contributed by atoms with E-state index in [0.717, 1.165) is 25.9 Å². The van der Waals surface area contributed by atoms with Crippen molar-refractivity contribution >= 4 is 5.69 Å². The van der Waals surface area contributed by atoms with E-state index in [2.05, 4.69) is 53.2 Å². The fourth-order valence-corrected chi connectivity index (χ4v) is 3.03. The summed E-state index contributed by atoms with van der Waals surface area (Å²) in [4.78, 5) is 0. The molecule has 1 aliphatic heterocycles. The number of para-hydroxylation sites is 1. The molecule has 3 heteroatoms. The Morgan fingerprint density at radius 1 is 1.30 bits per heavy atom. The smallest absolute Gasteiger partial charge is 0.0624 e. The number of benzene rings is 1. The second-order valence-corrected chi connectivity index (χ2v) is 5.45. The van der Waals surface area contributed by atoms with Gasteiger partial charge in [-0.3, -0.25) is 4.68 Å². The van der Waals surface area contributed by atoms with E-state index in [4.69, 9.17) is 0 Å². The minimum atomic E-state index is 0.942. The van der Waals surface area contributed by atoms with Gasteiger partial charge in [0.25, 0.3) is 0 Å². The van der Waals surface area contributed by atoms with E-state index in [-0.39, 0.29) is 0 Å². The van der Waals surface area contributed by atoms with E-state index < -0.39 is 0 Å². The molecule has 3 nitrogen and oxygen atoms in total. The maximum atomic E-state index is 4.65. The van der Waals surface area contributed by atoms with Crippen molar-refractivity contribution < 1.29 is 0 Å². The topological polar surface area (TPSA) is 29.9 Å². The van der Waals surface area contributed by atoms with E-state index in [1.165, 1.54) is 41.0 Å². The first-order chi connectivity index (χ1) is 9.81. The summed E-state index contributed by atoms with van der Waals surface area (Å²) in [6.07, 6.45) is 4.41.